The molecule has 6 nitrogen and oxygen atoms in total. The number of benzene rings is 1. The van der Waals surface area contributed by atoms with Crippen LogP contribution in [0.5, 0.6) is 0 Å². The van der Waals surface area contributed by atoms with Gasteiger partial charge in [0.25, 0.3) is 5.91 Å². The molecule has 0 heterocycles. The van der Waals surface area contributed by atoms with E-state index in [1.807, 2.05) is 30.3 Å². The van der Waals surface area contributed by atoms with Gasteiger partial charge in [0.2, 0.25) is 5.91 Å². The van der Waals surface area contributed by atoms with E-state index < -0.39 is 0 Å². The van der Waals surface area contributed by atoms with Crippen LogP contribution in [-0.2, 0) is 9.59 Å². The summed E-state index contributed by atoms with van der Waals surface area (Å²) in [5.41, 5.74) is 0.869. The molecule has 1 aromatic carbocycles. The fourth-order valence-electron chi connectivity index (χ4n) is 1.88. The molecule has 3 N–H and O–H groups in total. The Kier molecular flexibility index (Phi) is 8.33. The van der Waals surface area contributed by atoms with Crippen molar-refractivity contribution in [3.63, 3.8) is 0 Å². The fraction of sp³-hybridized carbons (Fsp3) is 0.438. The second-order valence-corrected chi connectivity index (χ2v) is 5.02. The highest BCUT2D eigenvalue weighted by Crippen LogP contribution is 2.08. The SMILES string of the molecule is C/C(=N/O)C(=O)NCCCCCCC(=O)Nc1ccccc1. The van der Waals surface area contributed by atoms with Gasteiger partial charge in [-0.15, -0.1) is 0 Å². The standard InChI is InChI=1S/C16H23N3O3/c1-13(19-22)16(21)17-12-8-3-2-7-11-15(20)18-14-9-5-4-6-10-14/h4-6,9-10,22H,2-3,7-8,11-12H2,1H3,(H,17,21)(H,18,20)/b19-13-. The van der Waals surface area contributed by atoms with E-state index in [9.17, 15) is 9.59 Å². The summed E-state index contributed by atoms with van der Waals surface area (Å²) < 4.78 is 0. The first-order valence-corrected chi connectivity index (χ1v) is 7.45. The number of hydrogen-bond acceptors (Lipinski definition) is 4. The van der Waals surface area contributed by atoms with Crippen LogP contribution in [0.4, 0.5) is 5.69 Å². The third kappa shape index (κ3) is 7.42. The molecule has 1 aromatic rings. The zero-order valence-electron chi connectivity index (χ0n) is 12.8. The van der Waals surface area contributed by atoms with Crippen molar-refractivity contribution in [1.82, 2.24) is 5.32 Å². The van der Waals surface area contributed by atoms with Crippen molar-refractivity contribution in [2.75, 3.05) is 11.9 Å². The van der Waals surface area contributed by atoms with E-state index in [2.05, 4.69) is 15.8 Å². The van der Waals surface area contributed by atoms with Crippen LogP contribution < -0.4 is 10.6 Å². The van der Waals surface area contributed by atoms with Gasteiger partial charge < -0.3 is 15.8 Å². The highest BCUT2D eigenvalue weighted by Gasteiger charge is 2.05. The number of anilines is 1. The summed E-state index contributed by atoms with van der Waals surface area (Å²) in [6.45, 7) is 1.99. The van der Waals surface area contributed by atoms with Crippen molar-refractivity contribution in [2.45, 2.75) is 39.0 Å². The maximum atomic E-state index is 11.7. The molecule has 1 rings (SSSR count). The predicted octanol–water partition coefficient (Wildman–Crippen LogP) is 2.54. The van der Waals surface area contributed by atoms with Crippen LogP contribution in [0.15, 0.2) is 35.5 Å². The number of carbonyl (C=O) groups excluding carboxylic acids is 2. The van der Waals surface area contributed by atoms with E-state index in [0.717, 1.165) is 31.4 Å². The van der Waals surface area contributed by atoms with Crippen LogP contribution in [0.2, 0.25) is 0 Å². The molecule has 0 atom stereocenters. The lowest BCUT2D eigenvalue weighted by atomic mass is 10.1. The molecule has 2 amide bonds. The molecule has 22 heavy (non-hydrogen) atoms. The minimum absolute atomic E-state index is 0.0225. The number of hydrogen-bond donors (Lipinski definition) is 3. The number of nitrogens with zero attached hydrogens (tertiary/aromatic N) is 1. The van der Waals surface area contributed by atoms with Gasteiger partial charge in [0.05, 0.1) is 0 Å². The van der Waals surface area contributed by atoms with E-state index >= 15 is 0 Å². The zero-order chi connectivity index (χ0) is 16.2. The van der Waals surface area contributed by atoms with Gasteiger partial charge in [-0.1, -0.05) is 36.2 Å². The Morgan fingerprint density at radius 3 is 2.45 bits per heavy atom. The van der Waals surface area contributed by atoms with Crippen LogP contribution in [0, 0.1) is 0 Å². The van der Waals surface area contributed by atoms with Crippen LogP contribution in [-0.4, -0.2) is 29.3 Å². The number of rotatable bonds is 9. The van der Waals surface area contributed by atoms with Crippen LogP contribution >= 0.6 is 0 Å². The number of para-hydroxylation sites is 1. The lowest BCUT2D eigenvalue weighted by molar-refractivity contribution is -0.116. The summed E-state index contributed by atoms with van der Waals surface area (Å²) in [4.78, 5) is 23.0. The molecule has 0 bridgehead atoms. The molecular formula is C16H23N3O3. The van der Waals surface area contributed by atoms with E-state index in [4.69, 9.17) is 5.21 Å². The Labute approximate surface area is 130 Å². The number of amides is 2. The van der Waals surface area contributed by atoms with E-state index in [-0.39, 0.29) is 17.5 Å². The normalized spacial score (nSPS) is 11.0. The molecule has 0 aliphatic carbocycles. The molecule has 0 aliphatic rings. The first-order valence-electron chi connectivity index (χ1n) is 7.45. The van der Waals surface area contributed by atoms with E-state index in [1.54, 1.807) is 0 Å². The second kappa shape index (κ2) is 10.4. The third-order valence-corrected chi connectivity index (χ3v) is 3.15. The van der Waals surface area contributed by atoms with Crippen LogP contribution in [0.25, 0.3) is 0 Å². The molecular weight excluding hydrogens is 282 g/mol. The zero-order valence-corrected chi connectivity index (χ0v) is 12.8. The van der Waals surface area contributed by atoms with Gasteiger partial charge in [0.1, 0.15) is 5.71 Å². The Morgan fingerprint density at radius 1 is 1.09 bits per heavy atom. The first kappa shape index (κ1) is 17.7. The van der Waals surface area contributed by atoms with E-state index in [1.165, 1.54) is 6.92 Å². The highest BCUT2D eigenvalue weighted by atomic mass is 16.4. The molecule has 0 spiro atoms. The maximum absolute atomic E-state index is 11.7. The Morgan fingerprint density at radius 2 is 1.77 bits per heavy atom. The van der Waals surface area contributed by atoms with E-state index in [0.29, 0.717) is 13.0 Å². The van der Waals surface area contributed by atoms with Crippen molar-refractivity contribution in [3.05, 3.63) is 30.3 Å². The summed E-state index contributed by atoms with van der Waals surface area (Å²) in [6.07, 6.45) is 4.03. The molecule has 120 valence electrons. The Hall–Kier alpha value is -2.37. The fourth-order valence-corrected chi connectivity index (χ4v) is 1.88. The van der Waals surface area contributed by atoms with Crippen molar-refractivity contribution in [1.29, 1.82) is 0 Å². The molecule has 0 unspecified atom stereocenters. The molecule has 0 fully saturated rings. The summed E-state index contributed by atoms with van der Waals surface area (Å²) >= 11 is 0. The largest absolute Gasteiger partial charge is 0.410 e. The minimum Gasteiger partial charge on any atom is -0.410 e. The van der Waals surface area contributed by atoms with Crippen molar-refractivity contribution >= 4 is 23.2 Å². The van der Waals surface area contributed by atoms with Crippen LogP contribution in [0.1, 0.15) is 39.0 Å². The summed E-state index contributed by atoms with van der Waals surface area (Å²) in [6, 6.07) is 9.39. The average Bonchev–Trinajstić information content (AvgIpc) is 2.53. The van der Waals surface area contributed by atoms with Crippen molar-refractivity contribution in [3.8, 4) is 0 Å². The maximum Gasteiger partial charge on any atom is 0.268 e. The van der Waals surface area contributed by atoms with Gasteiger partial charge in [-0.2, -0.15) is 0 Å². The Bertz CT molecular complexity index is 501. The van der Waals surface area contributed by atoms with Gasteiger partial charge in [0, 0.05) is 18.7 Å². The lowest BCUT2D eigenvalue weighted by Gasteiger charge is -2.05. The van der Waals surface area contributed by atoms with Crippen LogP contribution in [0.3, 0.4) is 0 Å². The minimum atomic E-state index is -0.357. The topological polar surface area (TPSA) is 90.8 Å². The Balaban J connectivity index is 2.01. The number of oxime groups is 1. The molecule has 0 saturated heterocycles. The summed E-state index contributed by atoms with van der Waals surface area (Å²) in [7, 11) is 0. The third-order valence-electron chi connectivity index (χ3n) is 3.15. The molecule has 0 aromatic heterocycles. The predicted molar refractivity (Wildman–Crippen MR) is 86.1 cm³/mol. The monoisotopic (exact) mass is 305 g/mol. The molecule has 0 saturated carbocycles. The quantitative estimate of drug-likeness (QED) is 0.283. The van der Waals surface area contributed by atoms with Gasteiger partial charge in [0.15, 0.2) is 0 Å². The van der Waals surface area contributed by atoms with Gasteiger partial charge in [-0.05, 0) is 31.9 Å². The van der Waals surface area contributed by atoms with Crippen molar-refractivity contribution < 1.29 is 14.8 Å². The number of unbranched alkanes of at least 4 members (excludes halogenated alkanes) is 3. The molecule has 0 aliphatic heterocycles. The van der Waals surface area contributed by atoms with Gasteiger partial charge >= 0.3 is 0 Å². The number of nitrogens with one attached hydrogen (secondary N) is 2. The van der Waals surface area contributed by atoms with Crippen molar-refractivity contribution in [2.24, 2.45) is 5.16 Å². The molecule has 0 radical (unpaired) electrons. The first-order chi connectivity index (χ1) is 10.6. The smallest absolute Gasteiger partial charge is 0.268 e. The lowest BCUT2D eigenvalue weighted by Crippen LogP contribution is -2.30. The second-order valence-electron chi connectivity index (χ2n) is 5.02. The average molecular weight is 305 g/mol. The summed E-state index contributed by atoms with van der Waals surface area (Å²) in [5, 5.41) is 16.8. The van der Waals surface area contributed by atoms with Gasteiger partial charge in [-0.3, -0.25) is 9.59 Å². The number of carbonyl (C=O) groups is 2. The van der Waals surface area contributed by atoms with Gasteiger partial charge in [-0.25, -0.2) is 0 Å². The highest BCUT2D eigenvalue weighted by molar-refractivity contribution is 6.37. The summed E-state index contributed by atoms with van der Waals surface area (Å²) in [5.74, 6) is -0.334. The molecule has 6 heteroatoms.